The second-order valence-corrected chi connectivity index (χ2v) is 6.45. The molecule has 0 aliphatic carbocycles. The van der Waals surface area contributed by atoms with Gasteiger partial charge in [0, 0.05) is 18.1 Å². The molecule has 3 atom stereocenters. The molecular formula is C20H22O5. The van der Waals surface area contributed by atoms with Gasteiger partial charge in [-0.1, -0.05) is 26.2 Å². The molecule has 1 N–H and O–H groups in total. The Kier molecular flexibility index (Phi) is 4.73. The Bertz CT molecular complexity index is 890. The largest absolute Gasteiger partial charge is 0.490 e. The second kappa shape index (κ2) is 6.81. The summed E-state index contributed by atoms with van der Waals surface area (Å²) in [4.78, 5) is 12.1. The first-order chi connectivity index (χ1) is 12.0. The SMILES string of the molecule is C#CCOc1cc2c(c3oc(=O)cc(CCC)c13)C(O)[C@@H](C)[C@@H](C)O2. The van der Waals surface area contributed by atoms with E-state index in [2.05, 4.69) is 5.92 Å². The Balaban J connectivity index is 2.36. The molecule has 2 aromatic rings. The lowest BCUT2D eigenvalue weighted by Gasteiger charge is -2.34. The highest BCUT2D eigenvalue weighted by molar-refractivity contribution is 5.91. The van der Waals surface area contributed by atoms with Crippen molar-refractivity contribution < 1.29 is 19.0 Å². The Labute approximate surface area is 146 Å². The van der Waals surface area contributed by atoms with Crippen LogP contribution in [0.5, 0.6) is 11.5 Å². The van der Waals surface area contributed by atoms with E-state index in [-0.39, 0.29) is 18.6 Å². The number of rotatable bonds is 4. The molecule has 25 heavy (non-hydrogen) atoms. The fourth-order valence-electron chi connectivity index (χ4n) is 3.29. The normalized spacial score (nSPS) is 22.1. The van der Waals surface area contributed by atoms with Crippen molar-refractivity contribution >= 4 is 11.0 Å². The molecule has 0 saturated carbocycles. The van der Waals surface area contributed by atoms with Gasteiger partial charge < -0.3 is 19.0 Å². The molecule has 1 aromatic heterocycles. The first kappa shape index (κ1) is 17.4. The number of benzene rings is 1. The zero-order valence-electron chi connectivity index (χ0n) is 14.7. The number of aliphatic hydroxyl groups excluding tert-OH is 1. The predicted octanol–water partition coefficient (Wildman–Crippen LogP) is 3.21. The van der Waals surface area contributed by atoms with E-state index in [1.807, 2.05) is 20.8 Å². The average Bonchev–Trinajstić information content (AvgIpc) is 2.57. The van der Waals surface area contributed by atoms with Crippen molar-refractivity contribution in [3.05, 3.63) is 33.7 Å². The minimum Gasteiger partial charge on any atom is -0.490 e. The third-order valence-corrected chi connectivity index (χ3v) is 4.74. The number of hydrogen-bond acceptors (Lipinski definition) is 5. The molecule has 5 nitrogen and oxygen atoms in total. The molecule has 0 bridgehead atoms. The topological polar surface area (TPSA) is 68.9 Å². The monoisotopic (exact) mass is 342 g/mol. The summed E-state index contributed by atoms with van der Waals surface area (Å²) in [5.74, 6) is 3.29. The van der Waals surface area contributed by atoms with E-state index in [0.717, 1.165) is 12.0 Å². The van der Waals surface area contributed by atoms with Crippen LogP contribution in [0.25, 0.3) is 11.0 Å². The summed E-state index contributed by atoms with van der Waals surface area (Å²) in [6, 6.07) is 3.21. The van der Waals surface area contributed by atoms with E-state index in [9.17, 15) is 9.90 Å². The predicted molar refractivity (Wildman–Crippen MR) is 95.0 cm³/mol. The molecule has 1 unspecified atom stereocenters. The maximum absolute atomic E-state index is 12.1. The van der Waals surface area contributed by atoms with Gasteiger partial charge in [0.15, 0.2) is 5.58 Å². The molecule has 0 amide bonds. The van der Waals surface area contributed by atoms with E-state index >= 15 is 0 Å². The second-order valence-electron chi connectivity index (χ2n) is 6.45. The zero-order chi connectivity index (χ0) is 18.1. The van der Waals surface area contributed by atoms with Crippen molar-refractivity contribution in [3.8, 4) is 23.8 Å². The Morgan fingerprint density at radius 3 is 2.80 bits per heavy atom. The first-order valence-electron chi connectivity index (χ1n) is 8.52. The van der Waals surface area contributed by atoms with Crippen LogP contribution in [0.1, 0.15) is 44.4 Å². The molecule has 132 valence electrons. The number of fused-ring (bicyclic) bond motifs is 3. The third-order valence-electron chi connectivity index (χ3n) is 4.74. The molecule has 0 spiro atoms. The molecule has 2 heterocycles. The van der Waals surface area contributed by atoms with E-state index in [0.29, 0.717) is 34.5 Å². The minimum atomic E-state index is -0.789. The van der Waals surface area contributed by atoms with Crippen molar-refractivity contribution in [2.45, 2.75) is 45.8 Å². The fraction of sp³-hybridized carbons (Fsp3) is 0.450. The van der Waals surface area contributed by atoms with Gasteiger partial charge in [0.1, 0.15) is 24.2 Å². The maximum atomic E-state index is 12.1. The van der Waals surface area contributed by atoms with E-state index in [4.69, 9.17) is 20.3 Å². The van der Waals surface area contributed by atoms with E-state index in [1.54, 1.807) is 6.07 Å². The maximum Gasteiger partial charge on any atom is 0.336 e. The van der Waals surface area contributed by atoms with Crippen molar-refractivity contribution in [3.63, 3.8) is 0 Å². The molecule has 0 fully saturated rings. The summed E-state index contributed by atoms with van der Waals surface area (Å²) >= 11 is 0. The Morgan fingerprint density at radius 1 is 1.36 bits per heavy atom. The molecular weight excluding hydrogens is 320 g/mol. The van der Waals surface area contributed by atoms with Gasteiger partial charge in [0.05, 0.1) is 17.1 Å². The lowest BCUT2D eigenvalue weighted by atomic mass is 9.88. The van der Waals surface area contributed by atoms with Crippen LogP contribution >= 0.6 is 0 Å². The van der Waals surface area contributed by atoms with Crippen molar-refractivity contribution in [2.75, 3.05) is 6.61 Å². The van der Waals surface area contributed by atoms with Crippen LogP contribution in [-0.2, 0) is 6.42 Å². The number of ether oxygens (including phenoxy) is 2. The van der Waals surface area contributed by atoms with Gasteiger partial charge in [-0.05, 0) is 18.9 Å². The number of aliphatic hydroxyl groups is 1. The van der Waals surface area contributed by atoms with Gasteiger partial charge >= 0.3 is 5.63 Å². The van der Waals surface area contributed by atoms with E-state index in [1.165, 1.54) is 6.07 Å². The van der Waals surface area contributed by atoms with Crippen molar-refractivity contribution in [1.82, 2.24) is 0 Å². The molecule has 5 heteroatoms. The van der Waals surface area contributed by atoms with Crippen LogP contribution in [0.3, 0.4) is 0 Å². The molecule has 1 aliphatic rings. The van der Waals surface area contributed by atoms with Crippen LogP contribution in [0.4, 0.5) is 0 Å². The summed E-state index contributed by atoms with van der Waals surface area (Å²) in [6.45, 7) is 5.92. The minimum absolute atomic E-state index is 0.0904. The highest BCUT2D eigenvalue weighted by atomic mass is 16.5. The Morgan fingerprint density at radius 2 is 2.12 bits per heavy atom. The van der Waals surface area contributed by atoms with Crippen molar-refractivity contribution in [2.24, 2.45) is 5.92 Å². The van der Waals surface area contributed by atoms with Gasteiger partial charge in [-0.2, -0.15) is 0 Å². The van der Waals surface area contributed by atoms with Crippen molar-refractivity contribution in [1.29, 1.82) is 0 Å². The molecule has 1 aromatic carbocycles. The zero-order valence-corrected chi connectivity index (χ0v) is 14.7. The lowest BCUT2D eigenvalue weighted by molar-refractivity contribution is 0.0178. The fourth-order valence-corrected chi connectivity index (χ4v) is 3.29. The first-order valence-corrected chi connectivity index (χ1v) is 8.52. The lowest BCUT2D eigenvalue weighted by Crippen LogP contribution is -2.32. The summed E-state index contributed by atoms with van der Waals surface area (Å²) in [7, 11) is 0. The van der Waals surface area contributed by atoms with Crippen LogP contribution in [0, 0.1) is 18.3 Å². The van der Waals surface area contributed by atoms with Gasteiger partial charge in [-0.25, -0.2) is 4.79 Å². The number of terminal acetylenes is 1. The average molecular weight is 342 g/mol. The molecule has 3 rings (SSSR count). The van der Waals surface area contributed by atoms with Gasteiger partial charge in [-0.15, -0.1) is 6.42 Å². The van der Waals surface area contributed by atoms with Gasteiger partial charge in [0.2, 0.25) is 0 Å². The summed E-state index contributed by atoms with van der Waals surface area (Å²) in [6.07, 6.45) is 5.91. The highest BCUT2D eigenvalue weighted by Crippen LogP contribution is 2.46. The van der Waals surface area contributed by atoms with Gasteiger partial charge in [0.25, 0.3) is 0 Å². The third kappa shape index (κ3) is 2.98. The number of hydrogen-bond donors (Lipinski definition) is 1. The van der Waals surface area contributed by atoms with Gasteiger partial charge in [-0.3, -0.25) is 0 Å². The summed E-state index contributed by atoms with van der Waals surface area (Å²) in [5.41, 5.74) is 1.20. The standard InChI is InChI=1S/C20H22O5/c1-5-7-13-9-16(21)25-20-17(13)14(23-8-6-2)10-15-18(20)19(22)11(3)12(4)24-15/h2,9-12,19,22H,5,7-8H2,1,3-4H3/t11-,12+,19?/m0/s1. The molecule has 0 radical (unpaired) electrons. The smallest absolute Gasteiger partial charge is 0.336 e. The molecule has 0 saturated heterocycles. The Hall–Kier alpha value is -2.45. The van der Waals surface area contributed by atoms with E-state index < -0.39 is 11.7 Å². The number of aryl methyl sites for hydroxylation is 1. The summed E-state index contributed by atoms with van der Waals surface area (Å²) < 4.78 is 17.1. The quantitative estimate of drug-likeness (QED) is 0.682. The highest BCUT2D eigenvalue weighted by Gasteiger charge is 2.35. The van der Waals surface area contributed by atoms with Crippen LogP contribution in [0.15, 0.2) is 21.3 Å². The summed E-state index contributed by atoms with van der Waals surface area (Å²) in [5, 5.41) is 11.4. The van der Waals surface area contributed by atoms with Crippen LogP contribution < -0.4 is 15.1 Å². The van der Waals surface area contributed by atoms with Crippen LogP contribution in [-0.4, -0.2) is 17.8 Å². The van der Waals surface area contributed by atoms with Crippen LogP contribution in [0.2, 0.25) is 0 Å². The molecule has 1 aliphatic heterocycles.